The van der Waals surface area contributed by atoms with Crippen molar-refractivity contribution in [3.8, 4) is 0 Å². The number of halogens is 2. The van der Waals surface area contributed by atoms with E-state index in [4.69, 9.17) is 0 Å². The van der Waals surface area contributed by atoms with E-state index in [0.29, 0.717) is 5.69 Å². The summed E-state index contributed by atoms with van der Waals surface area (Å²) >= 11 is 0. The molecule has 0 fully saturated rings. The molecule has 0 saturated heterocycles. The van der Waals surface area contributed by atoms with Gasteiger partial charge in [-0.1, -0.05) is 6.07 Å². The fourth-order valence-corrected chi connectivity index (χ4v) is 1.87. The van der Waals surface area contributed by atoms with Gasteiger partial charge in [-0.15, -0.1) is 0 Å². The van der Waals surface area contributed by atoms with Crippen molar-refractivity contribution >= 4 is 17.5 Å². The smallest absolute Gasteiger partial charge is 0.254 e. The van der Waals surface area contributed by atoms with Gasteiger partial charge in [-0.2, -0.15) is 0 Å². The van der Waals surface area contributed by atoms with Crippen LogP contribution in [-0.4, -0.2) is 30.3 Å². The fraction of sp³-hybridized carbons (Fsp3) is 0.125. The lowest BCUT2D eigenvalue weighted by atomic mass is 10.2. The maximum absolute atomic E-state index is 13.0. The molecule has 0 atom stereocenters. The maximum Gasteiger partial charge on any atom is 0.254 e. The van der Waals surface area contributed by atoms with E-state index in [0.717, 1.165) is 0 Å². The minimum absolute atomic E-state index is 0.202. The minimum atomic E-state index is -0.464. The first-order chi connectivity index (χ1) is 10.5. The highest BCUT2D eigenvalue weighted by molar-refractivity contribution is 5.99. The van der Waals surface area contributed by atoms with Crippen molar-refractivity contribution in [2.45, 2.75) is 0 Å². The molecule has 2 aromatic carbocycles. The Labute approximate surface area is 126 Å². The van der Waals surface area contributed by atoms with Gasteiger partial charge in [0.2, 0.25) is 5.91 Å². The van der Waals surface area contributed by atoms with E-state index in [1.807, 2.05) is 0 Å². The number of carbonyl (C=O) groups excluding carboxylic acids is 2. The standard InChI is InChI=1S/C16H14F2N2O2/c1-20(16(22)11-5-7-12(17)8-6-11)10-15(21)19-14-4-2-3-13(18)9-14/h2-9H,10H2,1H3,(H,19,21). The molecule has 2 amide bonds. The third kappa shape index (κ3) is 4.12. The molecule has 0 aliphatic rings. The van der Waals surface area contributed by atoms with Crippen molar-refractivity contribution in [3.05, 3.63) is 65.7 Å². The summed E-state index contributed by atoms with van der Waals surface area (Å²) in [6.45, 7) is -0.202. The summed E-state index contributed by atoms with van der Waals surface area (Å²) in [6.07, 6.45) is 0. The Balaban J connectivity index is 1.96. The van der Waals surface area contributed by atoms with Gasteiger partial charge in [0.05, 0.1) is 6.54 Å². The second-order valence-electron chi connectivity index (χ2n) is 4.73. The maximum atomic E-state index is 13.0. The number of likely N-dealkylation sites (N-methyl/N-ethyl adjacent to an activating group) is 1. The first kappa shape index (κ1) is 15.6. The summed E-state index contributed by atoms with van der Waals surface area (Å²) in [4.78, 5) is 25.1. The molecular formula is C16H14F2N2O2. The van der Waals surface area contributed by atoms with Crippen LogP contribution in [0.15, 0.2) is 48.5 Å². The summed E-state index contributed by atoms with van der Waals surface area (Å²) in [7, 11) is 1.46. The van der Waals surface area contributed by atoms with Gasteiger partial charge in [0.15, 0.2) is 0 Å². The molecule has 4 nitrogen and oxygen atoms in total. The lowest BCUT2D eigenvalue weighted by molar-refractivity contribution is -0.116. The number of nitrogens with zero attached hydrogens (tertiary/aromatic N) is 1. The fourth-order valence-electron chi connectivity index (χ4n) is 1.87. The predicted octanol–water partition coefficient (Wildman–Crippen LogP) is 2.68. The summed E-state index contributed by atoms with van der Waals surface area (Å²) in [5, 5.41) is 2.50. The minimum Gasteiger partial charge on any atom is -0.332 e. The van der Waals surface area contributed by atoms with Crippen molar-refractivity contribution in [3.63, 3.8) is 0 Å². The van der Waals surface area contributed by atoms with Crippen LogP contribution in [0.25, 0.3) is 0 Å². The number of hydrogen-bond donors (Lipinski definition) is 1. The second kappa shape index (κ2) is 6.80. The largest absolute Gasteiger partial charge is 0.332 e. The van der Waals surface area contributed by atoms with Crippen LogP contribution in [-0.2, 0) is 4.79 Å². The molecule has 0 spiro atoms. The van der Waals surface area contributed by atoms with Crippen LogP contribution >= 0.6 is 0 Å². The number of benzene rings is 2. The van der Waals surface area contributed by atoms with E-state index in [9.17, 15) is 18.4 Å². The molecule has 0 aromatic heterocycles. The molecule has 22 heavy (non-hydrogen) atoms. The highest BCUT2D eigenvalue weighted by atomic mass is 19.1. The Morgan fingerprint density at radius 3 is 2.36 bits per heavy atom. The van der Waals surface area contributed by atoms with Gasteiger partial charge in [0.25, 0.3) is 5.91 Å². The van der Waals surface area contributed by atoms with Gasteiger partial charge < -0.3 is 10.2 Å². The van der Waals surface area contributed by atoms with E-state index < -0.39 is 23.4 Å². The Hall–Kier alpha value is -2.76. The van der Waals surface area contributed by atoms with E-state index in [1.54, 1.807) is 6.07 Å². The number of anilines is 1. The Kier molecular flexibility index (Phi) is 4.83. The van der Waals surface area contributed by atoms with Crippen molar-refractivity contribution in [2.24, 2.45) is 0 Å². The zero-order chi connectivity index (χ0) is 16.1. The molecule has 0 aliphatic carbocycles. The molecule has 2 rings (SSSR count). The van der Waals surface area contributed by atoms with Crippen LogP contribution in [0.4, 0.5) is 14.5 Å². The van der Waals surface area contributed by atoms with Crippen LogP contribution in [0, 0.1) is 11.6 Å². The lowest BCUT2D eigenvalue weighted by Gasteiger charge is -2.17. The van der Waals surface area contributed by atoms with Gasteiger partial charge in [-0.3, -0.25) is 9.59 Å². The van der Waals surface area contributed by atoms with Crippen molar-refractivity contribution in [1.29, 1.82) is 0 Å². The molecule has 6 heteroatoms. The Morgan fingerprint density at radius 2 is 1.73 bits per heavy atom. The molecule has 0 unspecified atom stereocenters. The van der Waals surface area contributed by atoms with Gasteiger partial charge in [0, 0.05) is 18.3 Å². The number of nitrogens with one attached hydrogen (secondary N) is 1. The zero-order valence-corrected chi connectivity index (χ0v) is 11.8. The molecule has 1 N–H and O–H groups in total. The molecule has 0 saturated carbocycles. The molecule has 0 heterocycles. The summed E-state index contributed by atoms with van der Waals surface area (Å²) in [5.74, 6) is -1.77. The van der Waals surface area contributed by atoms with Gasteiger partial charge in [-0.25, -0.2) is 8.78 Å². The number of amides is 2. The molecule has 0 radical (unpaired) electrons. The Morgan fingerprint density at radius 1 is 1.05 bits per heavy atom. The SMILES string of the molecule is CN(CC(=O)Nc1cccc(F)c1)C(=O)c1ccc(F)cc1. The van der Waals surface area contributed by atoms with E-state index in [-0.39, 0.29) is 12.1 Å². The molecule has 114 valence electrons. The van der Waals surface area contributed by atoms with Crippen LogP contribution in [0.5, 0.6) is 0 Å². The first-order valence-electron chi connectivity index (χ1n) is 6.52. The first-order valence-corrected chi connectivity index (χ1v) is 6.52. The lowest BCUT2D eigenvalue weighted by Crippen LogP contribution is -2.34. The molecule has 0 aliphatic heterocycles. The second-order valence-corrected chi connectivity index (χ2v) is 4.73. The van der Waals surface area contributed by atoms with Crippen LogP contribution < -0.4 is 5.32 Å². The van der Waals surface area contributed by atoms with Gasteiger partial charge in [0.1, 0.15) is 11.6 Å². The molecule has 0 bridgehead atoms. The van der Waals surface area contributed by atoms with Gasteiger partial charge >= 0.3 is 0 Å². The van der Waals surface area contributed by atoms with Gasteiger partial charge in [-0.05, 0) is 42.5 Å². The number of hydrogen-bond acceptors (Lipinski definition) is 2. The van der Waals surface area contributed by atoms with Crippen molar-refractivity contribution in [1.82, 2.24) is 4.90 Å². The Bertz CT molecular complexity index is 687. The topological polar surface area (TPSA) is 49.4 Å². The summed E-state index contributed by atoms with van der Waals surface area (Å²) in [5.41, 5.74) is 0.593. The predicted molar refractivity (Wildman–Crippen MR) is 78.4 cm³/mol. The van der Waals surface area contributed by atoms with Crippen molar-refractivity contribution < 1.29 is 18.4 Å². The number of rotatable bonds is 4. The van der Waals surface area contributed by atoms with E-state index in [1.165, 1.54) is 54.4 Å². The van der Waals surface area contributed by atoms with E-state index >= 15 is 0 Å². The average Bonchev–Trinajstić information content (AvgIpc) is 2.47. The summed E-state index contributed by atoms with van der Waals surface area (Å²) in [6, 6.07) is 10.5. The summed E-state index contributed by atoms with van der Waals surface area (Å²) < 4.78 is 25.8. The monoisotopic (exact) mass is 304 g/mol. The highest BCUT2D eigenvalue weighted by Gasteiger charge is 2.15. The van der Waals surface area contributed by atoms with Crippen molar-refractivity contribution in [2.75, 3.05) is 18.9 Å². The van der Waals surface area contributed by atoms with Crippen LogP contribution in [0.2, 0.25) is 0 Å². The highest BCUT2D eigenvalue weighted by Crippen LogP contribution is 2.10. The quantitative estimate of drug-likeness (QED) is 0.944. The normalized spacial score (nSPS) is 10.1. The average molecular weight is 304 g/mol. The molecular weight excluding hydrogens is 290 g/mol. The third-order valence-corrected chi connectivity index (χ3v) is 2.93. The number of carbonyl (C=O) groups is 2. The van der Waals surface area contributed by atoms with Crippen LogP contribution in [0.1, 0.15) is 10.4 Å². The molecule has 2 aromatic rings. The van der Waals surface area contributed by atoms with E-state index in [2.05, 4.69) is 5.32 Å². The van der Waals surface area contributed by atoms with Crippen LogP contribution in [0.3, 0.4) is 0 Å². The third-order valence-electron chi connectivity index (χ3n) is 2.93. The zero-order valence-electron chi connectivity index (χ0n) is 11.8.